The van der Waals surface area contributed by atoms with E-state index in [-0.39, 0.29) is 0 Å². The minimum absolute atomic E-state index is 0.707. The Morgan fingerprint density at radius 2 is 2.19 bits per heavy atom. The van der Waals surface area contributed by atoms with Crippen LogP contribution in [0.25, 0.3) is 0 Å². The predicted molar refractivity (Wildman–Crippen MR) is 87.7 cm³/mol. The van der Waals surface area contributed by atoms with Crippen molar-refractivity contribution in [3.8, 4) is 0 Å². The highest BCUT2D eigenvalue weighted by molar-refractivity contribution is 5.53. The summed E-state index contributed by atoms with van der Waals surface area (Å²) >= 11 is 0. The van der Waals surface area contributed by atoms with E-state index in [9.17, 15) is 0 Å². The van der Waals surface area contributed by atoms with Crippen LogP contribution in [0.2, 0.25) is 0 Å². The van der Waals surface area contributed by atoms with Crippen LogP contribution in [0, 0.1) is 11.8 Å². The van der Waals surface area contributed by atoms with Gasteiger partial charge in [0.2, 0.25) is 0 Å². The highest BCUT2D eigenvalue weighted by atomic mass is 16.5. The Labute approximate surface area is 125 Å². The zero-order valence-electron chi connectivity index (χ0n) is 12.1. The van der Waals surface area contributed by atoms with E-state index in [1.165, 1.54) is 17.6 Å². The number of fused-ring (bicyclic) bond motifs is 1. The molecule has 0 bridgehead atoms. The smallest absolute Gasteiger partial charge is 0.130 e. The van der Waals surface area contributed by atoms with Crippen molar-refractivity contribution < 1.29 is 4.74 Å². The number of allylic oxidation sites excluding steroid dienone is 9. The van der Waals surface area contributed by atoms with E-state index in [0.717, 1.165) is 29.4 Å². The van der Waals surface area contributed by atoms with Crippen LogP contribution in [-0.4, -0.2) is 6.72 Å². The average molecular weight is 277 g/mol. The van der Waals surface area contributed by atoms with Crippen molar-refractivity contribution in [2.45, 2.75) is 12.8 Å². The molecule has 3 rings (SSSR count). The van der Waals surface area contributed by atoms with Gasteiger partial charge in [0.1, 0.15) is 5.76 Å². The van der Waals surface area contributed by atoms with E-state index in [4.69, 9.17) is 4.74 Å². The van der Waals surface area contributed by atoms with Crippen molar-refractivity contribution in [1.82, 2.24) is 0 Å². The van der Waals surface area contributed by atoms with E-state index in [2.05, 4.69) is 43.1 Å². The molecule has 2 aliphatic carbocycles. The zero-order chi connectivity index (χ0) is 14.8. The van der Waals surface area contributed by atoms with Crippen molar-refractivity contribution in [3.05, 3.63) is 84.1 Å². The second kappa shape index (κ2) is 5.57. The molecular formula is C19H19NO. The lowest BCUT2D eigenvalue weighted by atomic mass is 9.91. The van der Waals surface area contributed by atoms with Gasteiger partial charge in [-0.25, -0.2) is 0 Å². The first kappa shape index (κ1) is 13.6. The van der Waals surface area contributed by atoms with Gasteiger partial charge in [-0.15, -0.1) is 0 Å². The normalized spacial score (nSPS) is 27.1. The van der Waals surface area contributed by atoms with Crippen LogP contribution in [0.15, 0.2) is 89.0 Å². The van der Waals surface area contributed by atoms with Crippen LogP contribution < -0.4 is 0 Å². The molecule has 2 atom stereocenters. The van der Waals surface area contributed by atoms with Gasteiger partial charge in [-0.2, -0.15) is 0 Å². The molecule has 2 nitrogen and oxygen atoms in total. The van der Waals surface area contributed by atoms with E-state index in [1.807, 2.05) is 6.08 Å². The second-order valence-electron chi connectivity index (χ2n) is 5.47. The van der Waals surface area contributed by atoms with Crippen LogP contribution in [-0.2, 0) is 4.74 Å². The summed E-state index contributed by atoms with van der Waals surface area (Å²) in [5.41, 5.74) is 4.23. The van der Waals surface area contributed by atoms with Crippen molar-refractivity contribution in [2.75, 3.05) is 0 Å². The number of nitrogens with zero attached hydrogens (tertiary/aromatic N) is 1. The standard InChI is InChI=1S/C19H19NO/c1-4-6-18(20-3)16-11-17(19(5-2)21-12-16)14-8-7-13-9-15(13)10-14/h4-8,10,12-13,15H,1-3,9,11H2/b18-6-. The molecule has 0 aromatic heterocycles. The summed E-state index contributed by atoms with van der Waals surface area (Å²) in [6, 6.07) is 0. The fourth-order valence-electron chi connectivity index (χ4n) is 2.83. The maximum absolute atomic E-state index is 5.75. The van der Waals surface area contributed by atoms with Gasteiger partial charge in [0.05, 0.1) is 12.0 Å². The summed E-state index contributed by atoms with van der Waals surface area (Å²) in [6.45, 7) is 11.2. The number of hydrogen-bond donors (Lipinski definition) is 0. The Bertz CT molecular complexity index is 655. The van der Waals surface area contributed by atoms with Crippen LogP contribution in [0.3, 0.4) is 0 Å². The van der Waals surface area contributed by atoms with Crippen LogP contribution >= 0.6 is 0 Å². The molecule has 0 saturated heterocycles. The third kappa shape index (κ3) is 2.62. The third-order valence-corrected chi connectivity index (χ3v) is 4.11. The van der Waals surface area contributed by atoms with Gasteiger partial charge in [0.15, 0.2) is 0 Å². The Hall–Kier alpha value is -2.35. The molecule has 1 heterocycles. The van der Waals surface area contributed by atoms with E-state index >= 15 is 0 Å². The second-order valence-corrected chi connectivity index (χ2v) is 5.47. The lowest BCUT2D eigenvalue weighted by Crippen LogP contribution is -2.05. The fraction of sp³-hybridized carbons (Fsp3) is 0.211. The molecule has 0 amide bonds. The molecule has 0 aromatic rings. The molecular weight excluding hydrogens is 258 g/mol. The molecule has 0 aromatic carbocycles. The molecule has 1 fully saturated rings. The zero-order valence-corrected chi connectivity index (χ0v) is 12.1. The van der Waals surface area contributed by atoms with E-state index in [1.54, 1.807) is 18.4 Å². The summed E-state index contributed by atoms with van der Waals surface area (Å²) in [4.78, 5) is 4.06. The SMILES string of the molecule is C=C/C=C(\N=C)C1=COC(C=C)=C(C2=CC3CC3C=C2)C1. The van der Waals surface area contributed by atoms with Gasteiger partial charge >= 0.3 is 0 Å². The third-order valence-electron chi connectivity index (χ3n) is 4.11. The largest absolute Gasteiger partial charge is 0.464 e. The van der Waals surface area contributed by atoms with Gasteiger partial charge in [-0.3, -0.25) is 4.99 Å². The first-order valence-electron chi connectivity index (χ1n) is 7.18. The molecule has 0 spiro atoms. The minimum atomic E-state index is 0.707. The van der Waals surface area contributed by atoms with Gasteiger partial charge < -0.3 is 4.74 Å². The quantitative estimate of drug-likeness (QED) is 0.530. The first-order chi connectivity index (χ1) is 10.3. The number of rotatable bonds is 5. The topological polar surface area (TPSA) is 21.6 Å². The molecule has 21 heavy (non-hydrogen) atoms. The fourth-order valence-corrected chi connectivity index (χ4v) is 2.83. The molecule has 106 valence electrons. The van der Waals surface area contributed by atoms with Gasteiger partial charge in [-0.1, -0.05) is 37.5 Å². The van der Waals surface area contributed by atoms with Crippen molar-refractivity contribution in [2.24, 2.45) is 16.8 Å². The maximum Gasteiger partial charge on any atom is 0.130 e. The van der Waals surface area contributed by atoms with Gasteiger partial charge in [0.25, 0.3) is 0 Å². The lowest BCUT2D eigenvalue weighted by molar-refractivity contribution is 0.349. The monoisotopic (exact) mass is 277 g/mol. The van der Waals surface area contributed by atoms with Gasteiger partial charge in [0, 0.05) is 17.6 Å². The van der Waals surface area contributed by atoms with E-state index < -0.39 is 0 Å². The maximum atomic E-state index is 5.75. The molecule has 2 unspecified atom stereocenters. The van der Waals surface area contributed by atoms with Crippen molar-refractivity contribution in [3.63, 3.8) is 0 Å². The first-order valence-corrected chi connectivity index (χ1v) is 7.18. The Balaban J connectivity index is 1.90. The highest BCUT2D eigenvalue weighted by Crippen LogP contribution is 2.46. The summed E-state index contributed by atoms with van der Waals surface area (Å²) < 4.78 is 5.75. The van der Waals surface area contributed by atoms with Crippen LogP contribution in [0.1, 0.15) is 12.8 Å². The molecule has 1 saturated carbocycles. The molecule has 1 aliphatic heterocycles. The Morgan fingerprint density at radius 3 is 2.86 bits per heavy atom. The van der Waals surface area contributed by atoms with E-state index in [0.29, 0.717) is 5.92 Å². The van der Waals surface area contributed by atoms with Crippen molar-refractivity contribution >= 4 is 6.72 Å². The van der Waals surface area contributed by atoms with Crippen LogP contribution in [0.4, 0.5) is 0 Å². The summed E-state index contributed by atoms with van der Waals surface area (Å²) in [5.74, 6) is 2.29. The van der Waals surface area contributed by atoms with Crippen LogP contribution in [0.5, 0.6) is 0 Å². The van der Waals surface area contributed by atoms with Gasteiger partial charge in [-0.05, 0) is 42.7 Å². The predicted octanol–water partition coefficient (Wildman–Crippen LogP) is 4.63. The highest BCUT2D eigenvalue weighted by Gasteiger charge is 2.36. The Kier molecular flexibility index (Phi) is 3.61. The molecule has 0 N–H and O–H groups in total. The molecule has 2 heteroatoms. The number of ether oxygens (including phenoxy) is 1. The summed E-state index contributed by atoms with van der Waals surface area (Å²) in [7, 11) is 0. The average Bonchev–Trinajstić information content (AvgIpc) is 3.30. The molecule has 0 radical (unpaired) electrons. The summed E-state index contributed by atoms with van der Waals surface area (Å²) in [6.07, 6.45) is 16.0. The Morgan fingerprint density at radius 1 is 1.33 bits per heavy atom. The summed E-state index contributed by atoms with van der Waals surface area (Å²) in [5, 5.41) is 0. The number of hydrogen-bond acceptors (Lipinski definition) is 2. The lowest BCUT2D eigenvalue weighted by Gasteiger charge is -2.21. The number of aliphatic imine (C=N–C) groups is 1. The van der Waals surface area contributed by atoms with Crippen molar-refractivity contribution in [1.29, 1.82) is 0 Å². The minimum Gasteiger partial charge on any atom is -0.464 e. The molecule has 3 aliphatic rings.